The molecule has 0 amide bonds. The minimum absolute atomic E-state index is 0.654. The van der Waals surface area contributed by atoms with Crippen molar-refractivity contribution in [1.29, 1.82) is 0 Å². The Morgan fingerprint density at radius 2 is 2.09 bits per heavy atom. The van der Waals surface area contributed by atoms with Crippen molar-refractivity contribution in [3.63, 3.8) is 0 Å². The zero-order chi connectivity index (χ0) is 16.5. The van der Waals surface area contributed by atoms with Crippen LogP contribution in [0.2, 0.25) is 0 Å². The molecule has 128 valence electrons. The van der Waals surface area contributed by atoms with E-state index in [1.165, 1.54) is 30.6 Å². The summed E-state index contributed by atoms with van der Waals surface area (Å²) in [6, 6.07) is 11.0. The lowest BCUT2D eigenvalue weighted by Gasteiger charge is -2.39. The number of unbranched alkanes of at least 4 members (excludes halogenated alkanes) is 1. The topological polar surface area (TPSA) is 27.6 Å². The molecule has 1 heterocycles. The Balaban J connectivity index is 1.83. The molecule has 0 spiro atoms. The van der Waals surface area contributed by atoms with Crippen LogP contribution in [0.3, 0.4) is 0 Å². The summed E-state index contributed by atoms with van der Waals surface area (Å²) in [5, 5.41) is 3.54. The molecule has 2 unspecified atom stereocenters. The molecule has 1 aromatic carbocycles. The van der Waals surface area contributed by atoms with Crippen molar-refractivity contribution < 1.29 is 0 Å². The van der Waals surface area contributed by atoms with Crippen LogP contribution in [-0.2, 0) is 0 Å². The summed E-state index contributed by atoms with van der Waals surface area (Å²) in [6.45, 7) is 5.58. The number of aliphatic imine (C=N–C) groups is 1. The third-order valence-corrected chi connectivity index (χ3v) is 5.40. The quantitative estimate of drug-likeness (QED) is 0.487. The average molecular weight is 334 g/mol. The lowest BCUT2D eigenvalue weighted by Crippen LogP contribution is -2.48. The Hall–Kier alpha value is -1.16. The molecule has 4 heteroatoms. The van der Waals surface area contributed by atoms with Gasteiger partial charge in [0.05, 0.1) is 0 Å². The molecule has 1 aromatic rings. The third kappa shape index (κ3) is 5.45. The molecule has 1 aliphatic rings. The second-order valence-corrected chi connectivity index (χ2v) is 7.39. The number of piperidine rings is 1. The number of guanidine groups is 1. The minimum Gasteiger partial charge on any atom is -0.356 e. The van der Waals surface area contributed by atoms with Crippen LogP contribution in [0.1, 0.15) is 37.7 Å². The molecule has 1 aliphatic heterocycles. The summed E-state index contributed by atoms with van der Waals surface area (Å²) in [4.78, 5) is 6.92. The van der Waals surface area contributed by atoms with Crippen LogP contribution < -0.4 is 5.32 Å². The number of hydrogen-bond donors (Lipinski definition) is 1. The Kier molecular flexibility index (Phi) is 7.80. The predicted octanol–water partition coefficient (Wildman–Crippen LogP) is 3.83. The molecule has 0 radical (unpaired) electrons. The highest BCUT2D eigenvalue weighted by Gasteiger charge is 2.28. The highest BCUT2D eigenvalue weighted by Crippen LogP contribution is 2.32. The van der Waals surface area contributed by atoms with Gasteiger partial charge in [0.2, 0.25) is 0 Å². The van der Waals surface area contributed by atoms with Crippen molar-refractivity contribution in [3.8, 4) is 0 Å². The molecule has 1 N–H and O–H groups in total. The third-order valence-electron chi connectivity index (χ3n) is 4.70. The van der Waals surface area contributed by atoms with E-state index in [4.69, 9.17) is 0 Å². The van der Waals surface area contributed by atoms with Gasteiger partial charge in [0, 0.05) is 26.7 Å². The standard InChI is InChI=1S/C19H31N3S/c1-16-15-22(19(20-2)21-12-7-8-14-23-3)13-11-18(16)17-9-5-4-6-10-17/h4-6,9-10,16,18H,7-8,11-15H2,1-3H3,(H,20,21). The lowest BCUT2D eigenvalue weighted by atomic mass is 9.82. The van der Waals surface area contributed by atoms with Crippen molar-refractivity contribution in [2.45, 2.75) is 32.1 Å². The molecule has 23 heavy (non-hydrogen) atoms. The normalized spacial score (nSPS) is 22.2. The van der Waals surface area contributed by atoms with Crippen molar-refractivity contribution in [3.05, 3.63) is 35.9 Å². The number of rotatable bonds is 6. The molecule has 3 nitrogen and oxygen atoms in total. The fourth-order valence-electron chi connectivity index (χ4n) is 3.44. The maximum absolute atomic E-state index is 4.49. The van der Waals surface area contributed by atoms with E-state index in [9.17, 15) is 0 Å². The first kappa shape index (κ1) is 18.2. The fraction of sp³-hybridized carbons (Fsp3) is 0.632. The number of nitrogens with zero attached hydrogens (tertiary/aromatic N) is 2. The molecule has 1 fully saturated rings. The van der Waals surface area contributed by atoms with Gasteiger partial charge in [-0.1, -0.05) is 37.3 Å². The molecule has 2 rings (SSSR count). The number of benzene rings is 1. The van der Waals surface area contributed by atoms with Crippen LogP contribution in [0.5, 0.6) is 0 Å². The largest absolute Gasteiger partial charge is 0.356 e. The number of nitrogens with one attached hydrogen (secondary N) is 1. The second-order valence-electron chi connectivity index (χ2n) is 6.40. The SMILES string of the molecule is CN=C(NCCCCSC)N1CCC(c2ccccc2)C(C)C1. The van der Waals surface area contributed by atoms with E-state index < -0.39 is 0 Å². The van der Waals surface area contributed by atoms with Gasteiger partial charge >= 0.3 is 0 Å². The zero-order valence-corrected chi connectivity index (χ0v) is 15.6. The molecule has 0 aliphatic carbocycles. The first-order valence-electron chi connectivity index (χ1n) is 8.75. The van der Waals surface area contributed by atoms with Gasteiger partial charge in [-0.15, -0.1) is 0 Å². The highest BCUT2D eigenvalue weighted by atomic mass is 32.2. The molecule has 0 bridgehead atoms. The van der Waals surface area contributed by atoms with Crippen LogP contribution in [0.4, 0.5) is 0 Å². The van der Waals surface area contributed by atoms with Crippen LogP contribution in [0.25, 0.3) is 0 Å². The van der Waals surface area contributed by atoms with E-state index >= 15 is 0 Å². The minimum atomic E-state index is 0.654. The number of hydrogen-bond acceptors (Lipinski definition) is 2. The van der Waals surface area contributed by atoms with E-state index in [2.05, 4.69) is 58.7 Å². The van der Waals surface area contributed by atoms with Gasteiger partial charge in [-0.05, 0) is 48.7 Å². The van der Waals surface area contributed by atoms with Crippen molar-refractivity contribution in [2.24, 2.45) is 10.9 Å². The van der Waals surface area contributed by atoms with E-state index in [-0.39, 0.29) is 0 Å². The highest BCUT2D eigenvalue weighted by molar-refractivity contribution is 7.98. The maximum Gasteiger partial charge on any atom is 0.193 e. The molecule has 1 saturated heterocycles. The monoisotopic (exact) mass is 333 g/mol. The predicted molar refractivity (Wildman–Crippen MR) is 104 cm³/mol. The van der Waals surface area contributed by atoms with Crippen molar-refractivity contribution >= 4 is 17.7 Å². The fourth-order valence-corrected chi connectivity index (χ4v) is 3.93. The Labute approximate surface area is 145 Å². The molecule has 0 aromatic heterocycles. The average Bonchev–Trinajstić information content (AvgIpc) is 2.59. The second kappa shape index (κ2) is 9.86. The molecular weight excluding hydrogens is 302 g/mol. The van der Waals surface area contributed by atoms with Crippen LogP contribution in [0.15, 0.2) is 35.3 Å². The van der Waals surface area contributed by atoms with E-state index in [0.717, 1.165) is 25.6 Å². The van der Waals surface area contributed by atoms with E-state index in [0.29, 0.717) is 11.8 Å². The summed E-state index contributed by atoms with van der Waals surface area (Å²) in [5.74, 6) is 3.65. The summed E-state index contributed by atoms with van der Waals surface area (Å²) in [6.07, 6.45) is 5.87. The molecular formula is C19H31N3S. The van der Waals surface area contributed by atoms with Crippen LogP contribution in [0, 0.1) is 5.92 Å². The summed E-state index contributed by atoms with van der Waals surface area (Å²) in [5.41, 5.74) is 1.49. The van der Waals surface area contributed by atoms with E-state index in [1.807, 2.05) is 18.8 Å². The van der Waals surface area contributed by atoms with E-state index in [1.54, 1.807) is 0 Å². The smallest absolute Gasteiger partial charge is 0.193 e. The Bertz CT molecular complexity index is 475. The first-order valence-corrected chi connectivity index (χ1v) is 10.1. The van der Waals surface area contributed by atoms with Crippen molar-refractivity contribution in [1.82, 2.24) is 10.2 Å². The number of likely N-dealkylation sites (tertiary alicyclic amines) is 1. The van der Waals surface area contributed by atoms with Gasteiger partial charge in [0.15, 0.2) is 5.96 Å². The van der Waals surface area contributed by atoms with Crippen molar-refractivity contribution in [2.75, 3.05) is 38.7 Å². The maximum atomic E-state index is 4.49. The Morgan fingerprint density at radius 1 is 1.30 bits per heavy atom. The van der Waals surface area contributed by atoms with Crippen LogP contribution in [-0.4, -0.2) is 49.6 Å². The van der Waals surface area contributed by atoms with Gasteiger partial charge in [0.1, 0.15) is 0 Å². The Morgan fingerprint density at radius 3 is 2.74 bits per heavy atom. The first-order chi connectivity index (χ1) is 11.3. The van der Waals surface area contributed by atoms with Gasteiger partial charge < -0.3 is 10.2 Å². The molecule has 0 saturated carbocycles. The van der Waals surface area contributed by atoms with Gasteiger partial charge in [-0.2, -0.15) is 11.8 Å². The number of thioether (sulfide) groups is 1. The van der Waals surface area contributed by atoms with Gasteiger partial charge in [0.25, 0.3) is 0 Å². The molecule has 2 atom stereocenters. The summed E-state index contributed by atoms with van der Waals surface area (Å²) < 4.78 is 0. The summed E-state index contributed by atoms with van der Waals surface area (Å²) >= 11 is 1.92. The zero-order valence-electron chi connectivity index (χ0n) is 14.8. The van der Waals surface area contributed by atoms with Gasteiger partial charge in [-0.3, -0.25) is 4.99 Å². The lowest BCUT2D eigenvalue weighted by molar-refractivity contribution is 0.234. The van der Waals surface area contributed by atoms with Crippen LogP contribution >= 0.6 is 11.8 Å². The summed E-state index contributed by atoms with van der Waals surface area (Å²) in [7, 11) is 1.90. The van der Waals surface area contributed by atoms with Gasteiger partial charge in [-0.25, -0.2) is 0 Å².